The minimum atomic E-state index is -0.883. The van der Waals surface area contributed by atoms with Gasteiger partial charge in [0, 0.05) is 29.2 Å². The molecule has 0 spiro atoms. The molecule has 2 aromatic heterocycles. The number of fused-ring (bicyclic) bond motifs is 1. The van der Waals surface area contributed by atoms with Gasteiger partial charge in [-0.25, -0.2) is 14.3 Å². The number of amides is 1. The molecule has 0 unspecified atom stereocenters. The molecule has 2 heterocycles. The molecule has 138 valence electrons. The Hall–Kier alpha value is -3.89. The Balaban J connectivity index is 1.63. The van der Waals surface area contributed by atoms with Gasteiger partial charge in [0.25, 0.3) is 23.2 Å². The lowest BCUT2D eigenvalue weighted by Gasteiger charge is -2.05. The number of benzene rings is 1. The molecule has 3 aromatic rings. The zero-order valence-electron chi connectivity index (χ0n) is 14.4. The van der Waals surface area contributed by atoms with Crippen molar-refractivity contribution in [3.63, 3.8) is 0 Å². The number of ether oxygens (including phenoxy) is 1. The first kappa shape index (κ1) is 17.9. The van der Waals surface area contributed by atoms with Gasteiger partial charge in [-0.15, -0.1) is 5.10 Å². The summed E-state index contributed by atoms with van der Waals surface area (Å²) in [5.41, 5.74) is 1.51. The number of anilines is 1. The van der Waals surface area contributed by atoms with Crippen LogP contribution in [0.15, 0.2) is 30.3 Å². The molecule has 27 heavy (non-hydrogen) atoms. The molecule has 0 atom stereocenters. The van der Waals surface area contributed by atoms with Gasteiger partial charge in [0.1, 0.15) is 0 Å². The summed E-state index contributed by atoms with van der Waals surface area (Å²) < 4.78 is 6.28. The molecule has 0 saturated carbocycles. The van der Waals surface area contributed by atoms with Crippen molar-refractivity contribution in [2.24, 2.45) is 0 Å². The van der Waals surface area contributed by atoms with Crippen LogP contribution in [0.2, 0.25) is 0 Å². The van der Waals surface area contributed by atoms with Gasteiger partial charge in [0.15, 0.2) is 6.61 Å². The van der Waals surface area contributed by atoms with Gasteiger partial charge in [0.05, 0.1) is 4.92 Å². The van der Waals surface area contributed by atoms with Gasteiger partial charge in [-0.1, -0.05) is 6.07 Å². The van der Waals surface area contributed by atoms with Gasteiger partial charge < -0.3 is 10.1 Å². The van der Waals surface area contributed by atoms with Crippen LogP contribution < -0.4 is 5.32 Å². The summed E-state index contributed by atoms with van der Waals surface area (Å²) in [6, 6.07) is 7.18. The van der Waals surface area contributed by atoms with E-state index in [2.05, 4.69) is 20.4 Å². The van der Waals surface area contributed by atoms with Crippen LogP contribution in [-0.2, 0) is 9.53 Å². The molecule has 11 nitrogen and oxygen atoms in total. The fourth-order valence-electron chi connectivity index (χ4n) is 2.34. The Morgan fingerprint density at radius 3 is 2.78 bits per heavy atom. The van der Waals surface area contributed by atoms with Gasteiger partial charge in [-0.05, 0) is 26.0 Å². The average molecular weight is 370 g/mol. The number of aryl methyl sites for hydroxylation is 2. The van der Waals surface area contributed by atoms with Crippen LogP contribution in [-0.4, -0.2) is 43.0 Å². The topological polar surface area (TPSA) is 142 Å². The van der Waals surface area contributed by atoms with E-state index < -0.39 is 23.4 Å². The van der Waals surface area contributed by atoms with Crippen molar-refractivity contribution in [3.8, 4) is 0 Å². The second-order valence-corrected chi connectivity index (χ2v) is 5.62. The molecule has 0 saturated heterocycles. The lowest BCUT2D eigenvalue weighted by atomic mass is 10.3. The Labute approximate surface area is 152 Å². The van der Waals surface area contributed by atoms with Crippen molar-refractivity contribution in [3.05, 3.63) is 57.7 Å². The number of nitrogens with zero attached hydrogens (tertiary/aromatic N) is 5. The third kappa shape index (κ3) is 4.03. The number of aromatic nitrogens is 4. The summed E-state index contributed by atoms with van der Waals surface area (Å²) >= 11 is 0. The van der Waals surface area contributed by atoms with E-state index >= 15 is 0 Å². The number of rotatable bonds is 5. The molecule has 0 aliphatic carbocycles. The van der Waals surface area contributed by atoms with Crippen LogP contribution in [0.4, 0.5) is 11.4 Å². The maximum Gasteiger partial charge on any atom is 0.378 e. The maximum atomic E-state index is 12.1. The predicted octanol–water partition coefficient (Wildman–Crippen LogP) is 1.44. The number of esters is 1. The number of carbonyl (C=O) groups is 2. The molecule has 1 N–H and O–H groups in total. The molecule has 3 rings (SSSR count). The summed E-state index contributed by atoms with van der Waals surface area (Å²) in [6.45, 7) is 2.98. The lowest BCUT2D eigenvalue weighted by Crippen LogP contribution is -2.21. The zero-order valence-corrected chi connectivity index (χ0v) is 14.4. The fourth-order valence-corrected chi connectivity index (χ4v) is 2.34. The van der Waals surface area contributed by atoms with Crippen LogP contribution >= 0.6 is 0 Å². The number of nitro benzene ring substituents is 1. The average Bonchev–Trinajstić information content (AvgIpc) is 3.04. The fraction of sp³-hybridized carbons (Fsp3) is 0.188. The van der Waals surface area contributed by atoms with Crippen molar-refractivity contribution in [1.29, 1.82) is 0 Å². The monoisotopic (exact) mass is 370 g/mol. The van der Waals surface area contributed by atoms with Crippen LogP contribution in [0, 0.1) is 24.0 Å². The highest BCUT2D eigenvalue weighted by Crippen LogP contribution is 2.16. The van der Waals surface area contributed by atoms with E-state index in [1.807, 2.05) is 0 Å². The summed E-state index contributed by atoms with van der Waals surface area (Å²) in [6.07, 6.45) is 0. The molecule has 11 heteroatoms. The van der Waals surface area contributed by atoms with E-state index in [0.29, 0.717) is 0 Å². The Kier molecular flexibility index (Phi) is 4.75. The van der Waals surface area contributed by atoms with E-state index in [9.17, 15) is 19.7 Å². The summed E-state index contributed by atoms with van der Waals surface area (Å²) in [7, 11) is 0. The minimum absolute atomic E-state index is 0.170. The van der Waals surface area contributed by atoms with Crippen molar-refractivity contribution in [2.45, 2.75) is 13.8 Å². The van der Waals surface area contributed by atoms with Crippen LogP contribution in [0.1, 0.15) is 22.0 Å². The van der Waals surface area contributed by atoms with Gasteiger partial charge >= 0.3 is 5.97 Å². The zero-order chi connectivity index (χ0) is 19.6. The summed E-state index contributed by atoms with van der Waals surface area (Å²) in [5, 5.41) is 17.1. The van der Waals surface area contributed by atoms with E-state index in [1.165, 1.54) is 28.8 Å². The predicted molar refractivity (Wildman–Crippen MR) is 92.3 cm³/mol. The van der Waals surface area contributed by atoms with Gasteiger partial charge in [-0.3, -0.25) is 14.9 Å². The highest BCUT2D eigenvalue weighted by molar-refractivity contribution is 5.94. The van der Waals surface area contributed by atoms with Crippen LogP contribution in [0.5, 0.6) is 0 Å². The van der Waals surface area contributed by atoms with E-state index in [4.69, 9.17) is 4.74 Å². The second kappa shape index (κ2) is 7.15. The first-order valence-corrected chi connectivity index (χ1v) is 7.76. The molecule has 0 aliphatic heterocycles. The molecular formula is C16H14N6O5. The third-order valence-corrected chi connectivity index (χ3v) is 3.48. The van der Waals surface area contributed by atoms with Crippen LogP contribution in [0.25, 0.3) is 5.78 Å². The third-order valence-electron chi connectivity index (χ3n) is 3.48. The summed E-state index contributed by atoms with van der Waals surface area (Å²) in [4.78, 5) is 42.2. The van der Waals surface area contributed by atoms with Gasteiger partial charge in [0.2, 0.25) is 0 Å². The number of carbonyl (C=O) groups excluding carboxylic acids is 2. The van der Waals surface area contributed by atoms with E-state index in [-0.39, 0.29) is 23.0 Å². The smallest absolute Gasteiger partial charge is 0.378 e. The number of nitro groups is 1. The molecular weight excluding hydrogens is 356 g/mol. The standard InChI is InChI=1S/C16H14N6O5/c1-9-6-10(2)21-16(17-9)19-14(20-21)15(24)27-8-13(23)18-11-4-3-5-12(7-11)22(25)26/h3-7H,8H2,1-2H3,(H,18,23). The minimum Gasteiger partial charge on any atom is -0.450 e. The maximum absolute atomic E-state index is 12.1. The van der Waals surface area contributed by atoms with Crippen LogP contribution in [0.3, 0.4) is 0 Å². The Bertz CT molecular complexity index is 1060. The molecule has 0 bridgehead atoms. The SMILES string of the molecule is Cc1cc(C)n2nc(C(=O)OCC(=O)Nc3cccc([N+](=O)[O-])c3)nc2n1. The normalized spacial score (nSPS) is 10.6. The van der Waals surface area contributed by atoms with E-state index in [1.54, 1.807) is 19.9 Å². The van der Waals surface area contributed by atoms with Crippen molar-refractivity contribution in [1.82, 2.24) is 19.6 Å². The summed E-state index contributed by atoms with van der Waals surface area (Å²) in [5.74, 6) is -1.51. The lowest BCUT2D eigenvalue weighted by molar-refractivity contribution is -0.384. The highest BCUT2D eigenvalue weighted by atomic mass is 16.6. The van der Waals surface area contributed by atoms with Crippen molar-refractivity contribution in [2.75, 3.05) is 11.9 Å². The Morgan fingerprint density at radius 2 is 2.04 bits per heavy atom. The first-order chi connectivity index (χ1) is 12.8. The molecule has 1 aromatic carbocycles. The largest absolute Gasteiger partial charge is 0.450 e. The van der Waals surface area contributed by atoms with E-state index in [0.717, 1.165) is 11.4 Å². The molecule has 0 aliphatic rings. The number of hydrogen-bond donors (Lipinski definition) is 1. The van der Waals surface area contributed by atoms with Crippen molar-refractivity contribution >= 4 is 29.0 Å². The molecule has 1 amide bonds. The van der Waals surface area contributed by atoms with Crippen molar-refractivity contribution < 1.29 is 19.2 Å². The van der Waals surface area contributed by atoms with Gasteiger partial charge in [-0.2, -0.15) is 4.98 Å². The highest BCUT2D eigenvalue weighted by Gasteiger charge is 2.18. The Morgan fingerprint density at radius 1 is 1.26 bits per heavy atom. The molecule has 0 radical (unpaired) electrons. The first-order valence-electron chi connectivity index (χ1n) is 7.76. The second-order valence-electron chi connectivity index (χ2n) is 5.62. The number of non-ortho nitro benzene ring substituents is 1. The number of hydrogen-bond acceptors (Lipinski definition) is 8. The number of nitrogens with one attached hydrogen (secondary N) is 1. The molecule has 0 fully saturated rings. The quantitative estimate of drug-likeness (QED) is 0.404.